The van der Waals surface area contributed by atoms with E-state index in [0.717, 1.165) is 0 Å². The summed E-state index contributed by atoms with van der Waals surface area (Å²) in [6.45, 7) is 4.56. The molecule has 0 saturated carbocycles. The predicted molar refractivity (Wildman–Crippen MR) is 74.4 cm³/mol. The third-order valence-electron chi connectivity index (χ3n) is 2.41. The van der Waals surface area contributed by atoms with Crippen LogP contribution in [-0.4, -0.2) is 28.0 Å². The van der Waals surface area contributed by atoms with Gasteiger partial charge < -0.3 is 10.4 Å². The molecule has 0 aliphatic carbocycles. The topological polar surface area (TPSA) is 67.2 Å². The summed E-state index contributed by atoms with van der Waals surface area (Å²) in [4.78, 5) is 11.8. The molecule has 0 radical (unpaired) electrons. The minimum Gasteiger partial charge on any atom is -0.396 e. The van der Waals surface area contributed by atoms with Gasteiger partial charge in [-0.05, 0) is 15.9 Å². The van der Waals surface area contributed by atoms with Gasteiger partial charge in [0.1, 0.15) is 11.0 Å². The highest BCUT2D eigenvalue weighted by molar-refractivity contribution is 9.10. The van der Waals surface area contributed by atoms with Crippen molar-refractivity contribution in [2.24, 2.45) is 5.41 Å². The molecule has 0 aromatic carbocycles. The van der Waals surface area contributed by atoms with Crippen LogP contribution in [-0.2, 0) is 6.54 Å². The van der Waals surface area contributed by atoms with Crippen LogP contribution >= 0.6 is 15.9 Å². The van der Waals surface area contributed by atoms with Crippen molar-refractivity contribution in [3.63, 3.8) is 0 Å². The summed E-state index contributed by atoms with van der Waals surface area (Å²) in [6, 6.07) is 0. The Morgan fingerprint density at radius 3 is 2.89 bits per heavy atom. The summed E-state index contributed by atoms with van der Waals surface area (Å²) < 4.78 is 1.59. The number of aromatic nitrogens is 2. The van der Waals surface area contributed by atoms with Gasteiger partial charge >= 0.3 is 0 Å². The monoisotopic (exact) mass is 313 g/mol. The summed E-state index contributed by atoms with van der Waals surface area (Å²) in [5.41, 5.74) is 0.0437. The highest BCUT2D eigenvalue weighted by Crippen LogP contribution is 2.19. The van der Waals surface area contributed by atoms with E-state index in [4.69, 9.17) is 11.5 Å². The lowest BCUT2D eigenvalue weighted by atomic mass is 9.95. The fraction of sp³-hybridized carbons (Fsp3) is 0.500. The first-order chi connectivity index (χ1) is 8.41. The predicted octanol–water partition coefficient (Wildman–Crippen LogP) is 1.07. The Morgan fingerprint density at radius 1 is 1.67 bits per heavy atom. The number of aliphatic hydroxyl groups excluding tert-OH is 1. The van der Waals surface area contributed by atoms with Crippen LogP contribution in [0.1, 0.15) is 13.8 Å². The summed E-state index contributed by atoms with van der Waals surface area (Å²) >= 11 is 3.22. The number of terminal acetylenes is 1. The molecule has 0 unspecified atom stereocenters. The second-order valence-corrected chi connectivity index (χ2v) is 5.51. The molecule has 0 amide bonds. The van der Waals surface area contributed by atoms with Crippen molar-refractivity contribution in [1.82, 2.24) is 9.78 Å². The van der Waals surface area contributed by atoms with Crippen molar-refractivity contribution in [2.45, 2.75) is 20.4 Å². The number of aliphatic hydroxyl groups is 1. The lowest BCUT2D eigenvalue weighted by Crippen LogP contribution is -2.29. The van der Waals surface area contributed by atoms with E-state index >= 15 is 0 Å². The standard InChI is InChI=1S/C12H16BrN3O2/c1-4-5-16-11(18)10(13)9(6-15-16)14-7-12(2,3)8-17/h1,6,14,17H,5,7-8H2,2-3H3. The molecule has 0 fully saturated rings. The second kappa shape index (κ2) is 6.03. The lowest BCUT2D eigenvalue weighted by molar-refractivity contribution is 0.171. The molecule has 0 spiro atoms. The van der Waals surface area contributed by atoms with E-state index in [1.165, 1.54) is 10.9 Å². The normalized spacial score (nSPS) is 11.1. The Bertz CT molecular complexity index is 517. The zero-order valence-electron chi connectivity index (χ0n) is 10.4. The van der Waals surface area contributed by atoms with E-state index in [0.29, 0.717) is 16.7 Å². The van der Waals surface area contributed by atoms with Crippen LogP contribution in [0.25, 0.3) is 0 Å². The molecule has 0 atom stereocenters. The van der Waals surface area contributed by atoms with Crippen LogP contribution in [0.2, 0.25) is 0 Å². The number of nitrogens with one attached hydrogen (secondary N) is 1. The molecule has 0 aliphatic heterocycles. The smallest absolute Gasteiger partial charge is 0.284 e. The molecule has 18 heavy (non-hydrogen) atoms. The van der Waals surface area contributed by atoms with E-state index < -0.39 is 0 Å². The molecule has 6 heteroatoms. The summed E-state index contributed by atoms with van der Waals surface area (Å²) in [7, 11) is 0. The van der Waals surface area contributed by atoms with E-state index in [-0.39, 0.29) is 24.1 Å². The Labute approximate surface area is 114 Å². The van der Waals surface area contributed by atoms with E-state index in [2.05, 4.69) is 32.3 Å². The molecule has 98 valence electrons. The molecule has 1 heterocycles. The van der Waals surface area contributed by atoms with E-state index in [1.807, 2.05) is 13.8 Å². The molecular formula is C12H16BrN3O2. The summed E-state index contributed by atoms with van der Waals surface area (Å²) in [6.07, 6.45) is 6.68. The molecule has 1 aromatic heterocycles. The van der Waals surface area contributed by atoms with Crippen LogP contribution in [0.4, 0.5) is 5.69 Å². The third-order valence-corrected chi connectivity index (χ3v) is 3.18. The number of anilines is 1. The molecule has 0 bridgehead atoms. The van der Waals surface area contributed by atoms with Crippen LogP contribution in [0.15, 0.2) is 15.5 Å². The van der Waals surface area contributed by atoms with Crippen molar-refractivity contribution in [2.75, 3.05) is 18.5 Å². The van der Waals surface area contributed by atoms with Crippen LogP contribution in [0.3, 0.4) is 0 Å². The number of rotatable bonds is 5. The maximum absolute atomic E-state index is 11.8. The van der Waals surface area contributed by atoms with Gasteiger partial charge in [0.2, 0.25) is 0 Å². The zero-order valence-corrected chi connectivity index (χ0v) is 12.0. The molecule has 1 rings (SSSR count). The quantitative estimate of drug-likeness (QED) is 0.798. The van der Waals surface area contributed by atoms with Crippen molar-refractivity contribution in [3.8, 4) is 12.3 Å². The number of halogens is 1. The van der Waals surface area contributed by atoms with Gasteiger partial charge in [-0.3, -0.25) is 4.79 Å². The number of nitrogens with zero attached hydrogens (tertiary/aromatic N) is 2. The SMILES string of the molecule is C#CCn1ncc(NCC(C)(C)CO)c(Br)c1=O. The first kappa shape index (κ1) is 14.7. The van der Waals surface area contributed by atoms with E-state index in [9.17, 15) is 4.79 Å². The molecule has 1 aromatic rings. The van der Waals surface area contributed by atoms with Crippen LogP contribution < -0.4 is 10.9 Å². The number of hydrogen-bond acceptors (Lipinski definition) is 4. The van der Waals surface area contributed by atoms with Crippen LogP contribution in [0.5, 0.6) is 0 Å². The lowest BCUT2D eigenvalue weighted by Gasteiger charge is -2.22. The van der Waals surface area contributed by atoms with Gasteiger partial charge in [-0.1, -0.05) is 19.8 Å². The Morgan fingerprint density at radius 2 is 2.33 bits per heavy atom. The fourth-order valence-electron chi connectivity index (χ4n) is 1.18. The van der Waals surface area contributed by atoms with Crippen molar-refractivity contribution in [3.05, 3.63) is 21.0 Å². The maximum Gasteiger partial charge on any atom is 0.284 e. The highest BCUT2D eigenvalue weighted by Gasteiger charge is 2.17. The molecule has 2 N–H and O–H groups in total. The van der Waals surface area contributed by atoms with Gasteiger partial charge in [-0.15, -0.1) is 6.42 Å². The largest absolute Gasteiger partial charge is 0.396 e. The minimum absolute atomic E-state index is 0.0548. The highest BCUT2D eigenvalue weighted by atomic mass is 79.9. The molecule has 0 saturated heterocycles. The first-order valence-corrected chi connectivity index (χ1v) is 6.24. The fourth-order valence-corrected chi connectivity index (χ4v) is 1.63. The summed E-state index contributed by atoms with van der Waals surface area (Å²) in [5.74, 6) is 2.36. The van der Waals surface area contributed by atoms with Crippen molar-refractivity contribution >= 4 is 21.6 Å². The molecule has 0 aliphatic rings. The Kier molecular flexibility index (Phi) is 4.93. The van der Waals surface area contributed by atoms with Crippen molar-refractivity contribution < 1.29 is 5.11 Å². The first-order valence-electron chi connectivity index (χ1n) is 5.45. The average Bonchev–Trinajstić information content (AvgIpc) is 2.34. The maximum atomic E-state index is 11.8. The third kappa shape index (κ3) is 3.59. The van der Waals surface area contributed by atoms with Crippen LogP contribution in [0, 0.1) is 17.8 Å². The number of hydrogen-bond donors (Lipinski definition) is 2. The second-order valence-electron chi connectivity index (χ2n) is 4.72. The van der Waals surface area contributed by atoms with Crippen molar-refractivity contribution in [1.29, 1.82) is 0 Å². The summed E-state index contributed by atoms with van der Waals surface area (Å²) in [5, 5.41) is 16.2. The Hall–Kier alpha value is -1.32. The average molecular weight is 314 g/mol. The van der Waals surface area contributed by atoms with Gasteiger partial charge in [0.25, 0.3) is 5.56 Å². The molecule has 5 nitrogen and oxygen atoms in total. The van der Waals surface area contributed by atoms with Gasteiger partial charge in [0, 0.05) is 18.6 Å². The Balaban J connectivity index is 2.90. The zero-order chi connectivity index (χ0) is 13.8. The molecular weight excluding hydrogens is 298 g/mol. The van der Waals surface area contributed by atoms with E-state index in [1.54, 1.807) is 0 Å². The van der Waals surface area contributed by atoms with Gasteiger partial charge in [0.15, 0.2) is 0 Å². The van der Waals surface area contributed by atoms with Gasteiger partial charge in [0.05, 0.1) is 11.9 Å². The van der Waals surface area contributed by atoms with Gasteiger partial charge in [-0.2, -0.15) is 5.10 Å². The van der Waals surface area contributed by atoms with Gasteiger partial charge in [-0.25, -0.2) is 4.68 Å². The minimum atomic E-state index is -0.278.